The number of nitriles is 2. The van der Waals surface area contributed by atoms with Crippen LogP contribution in [0.2, 0.25) is 0 Å². The quantitative estimate of drug-likeness (QED) is 0.563. The molecule has 0 saturated carbocycles. The molecule has 0 aromatic carbocycles. The second-order valence-corrected chi connectivity index (χ2v) is 2.52. The van der Waals surface area contributed by atoms with Crippen LogP contribution in [0.25, 0.3) is 0 Å². The Morgan fingerprint density at radius 1 is 1.45 bits per heavy atom. The van der Waals surface area contributed by atoms with Gasteiger partial charge in [-0.2, -0.15) is 10.5 Å². The zero-order chi connectivity index (χ0) is 8.69. The van der Waals surface area contributed by atoms with Crippen LogP contribution in [0.4, 0.5) is 0 Å². The molecule has 60 valence electrons. The van der Waals surface area contributed by atoms with E-state index in [1.807, 2.05) is 18.7 Å². The molecule has 1 unspecified atom stereocenters. The molecule has 0 aliphatic carbocycles. The summed E-state index contributed by atoms with van der Waals surface area (Å²) in [6, 6.07) is 4.20. The average Bonchev–Trinajstić information content (AvgIpc) is 2.03. The van der Waals surface area contributed by atoms with Crippen molar-refractivity contribution in [1.29, 1.82) is 10.5 Å². The predicted octanol–water partition coefficient (Wildman–Crippen LogP) is 0.992. The van der Waals surface area contributed by atoms with Gasteiger partial charge in [-0.3, -0.25) is 4.90 Å². The summed E-state index contributed by atoms with van der Waals surface area (Å²) in [6.07, 6.45) is 0. The van der Waals surface area contributed by atoms with Crippen molar-refractivity contribution < 1.29 is 0 Å². The van der Waals surface area contributed by atoms with E-state index < -0.39 is 0 Å². The lowest BCUT2D eigenvalue weighted by Crippen LogP contribution is -2.28. The summed E-state index contributed by atoms with van der Waals surface area (Å²) in [5.74, 6) is 0.0169. The molecule has 0 heterocycles. The van der Waals surface area contributed by atoms with Crippen molar-refractivity contribution >= 4 is 0 Å². The average molecular weight is 151 g/mol. The third kappa shape index (κ3) is 4.36. The smallest absolute Gasteiger partial charge is 0.0866 e. The van der Waals surface area contributed by atoms with E-state index in [1.165, 1.54) is 0 Å². The van der Waals surface area contributed by atoms with E-state index in [2.05, 4.69) is 12.1 Å². The van der Waals surface area contributed by atoms with E-state index in [-0.39, 0.29) is 5.92 Å². The minimum Gasteiger partial charge on any atom is -0.290 e. The molecule has 0 aliphatic rings. The van der Waals surface area contributed by atoms with Crippen LogP contribution >= 0.6 is 0 Å². The Morgan fingerprint density at radius 2 is 2.09 bits per heavy atom. The number of hydrogen-bond acceptors (Lipinski definition) is 3. The van der Waals surface area contributed by atoms with Gasteiger partial charge < -0.3 is 0 Å². The summed E-state index contributed by atoms with van der Waals surface area (Å²) in [5.41, 5.74) is 0. The van der Waals surface area contributed by atoms with Gasteiger partial charge >= 0.3 is 0 Å². The Kier molecular flexibility index (Phi) is 5.15. The fourth-order valence-corrected chi connectivity index (χ4v) is 0.834. The third-order valence-electron chi connectivity index (χ3n) is 1.49. The predicted molar refractivity (Wildman–Crippen MR) is 42.5 cm³/mol. The van der Waals surface area contributed by atoms with Crippen LogP contribution in [0.15, 0.2) is 0 Å². The summed E-state index contributed by atoms with van der Waals surface area (Å²) in [7, 11) is 0. The number of hydrogen-bond donors (Lipinski definition) is 0. The van der Waals surface area contributed by atoms with Gasteiger partial charge in [0.05, 0.1) is 24.6 Å². The molecule has 0 N–H and O–H groups in total. The lowest BCUT2D eigenvalue weighted by atomic mass is 10.2. The highest BCUT2D eigenvalue weighted by Gasteiger charge is 2.05. The van der Waals surface area contributed by atoms with Crippen molar-refractivity contribution in [3.8, 4) is 12.1 Å². The van der Waals surface area contributed by atoms with Crippen LogP contribution in [0.1, 0.15) is 13.8 Å². The molecular weight excluding hydrogens is 138 g/mol. The van der Waals surface area contributed by atoms with Crippen LogP contribution in [0.3, 0.4) is 0 Å². The minimum atomic E-state index is 0.0169. The molecule has 0 rings (SSSR count). The Hall–Kier alpha value is -1.06. The Labute approximate surface area is 67.8 Å². The first-order valence-electron chi connectivity index (χ1n) is 3.73. The van der Waals surface area contributed by atoms with Crippen molar-refractivity contribution in [2.24, 2.45) is 5.92 Å². The lowest BCUT2D eigenvalue weighted by Gasteiger charge is -2.16. The lowest BCUT2D eigenvalue weighted by molar-refractivity contribution is 0.299. The van der Waals surface area contributed by atoms with E-state index in [0.717, 1.165) is 6.54 Å². The molecule has 3 nitrogen and oxygen atoms in total. The molecule has 0 saturated heterocycles. The van der Waals surface area contributed by atoms with Crippen LogP contribution in [-0.2, 0) is 0 Å². The molecular formula is C8H13N3. The van der Waals surface area contributed by atoms with Crippen molar-refractivity contribution in [1.82, 2.24) is 4.90 Å². The summed E-state index contributed by atoms with van der Waals surface area (Å²) >= 11 is 0. The summed E-state index contributed by atoms with van der Waals surface area (Å²) in [4.78, 5) is 1.95. The van der Waals surface area contributed by atoms with Gasteiger partial charge in [-0.25, -0.2) is 0 Å². The third-order valence-corrected chi connectivity index (χ3v) is 1.49. The fourth-order valence-electron chi connectivity index (χ4n) is 0.834. The monoisotopic (exact) mass is 151 g/mol. The first-order valence-corrected chi connectivity index (χ1v) is 3.73. The van der Waals surface area contributed by atoms with Gasteiger partial charge in [0, 0.05) is 6.54 Å². The first kappa shape index (κ1) is 9.94. The van der Waals surface area contributed by atoms with Crippen LogP contribution in [0, 0.1) is 28.6 Å². The highest BCUT2D eigenvalue weighted by molar-refractivity contribution is 4.84. The number of nitrogens with zero attached hydrogens (tertiary/aromatic N) is 3. The Balaban J connectivity index is 3.72. The van der Waals surface area contributed by atoms with Crippen molar-refractivity contribution in [2.75, 3.05) is 19.6 Å². The van der Waals surface area contributed by atoms with Gasteiger partial charge in [0.25, 0.3) is 0 Å². The van der Waals surface area contributed by atoms with Crippen LogP contribution in [0.5, 0.6) is 0 Å². The topological polar surface area (TPSA) is 50.8 Å². The van der Waals surface area contributed by atoms with E-state index in [4.69, 9.17) is 10.5 Å². The van der Waals surface area contributed by atoms with E-state index in [0.29, 0.717) is 13.1 Å². The summed E-state index contributed by atoms with van der Waals surface area (Å²) in [5, 5.41) is 16.9. The molecule has 0 aromatic heterocycles. The van der Waals surface area contributed by atoms with Gasteiger partial charge in [-0.05, 0) is 13.5 Å². The van der Waals surface area contributed by atoms with Crippen molar-refractivity contribution in [3.05, 3.63) is 0 Å². The van der Waals surface area contributed by atoms with Crippen LogP contribution < -0.4 is 0 Å². The molecule has 0 spiro atoms. The maximum Gasteiger partial charge on any atom is 0.0866 e. The van der Waals surface area contributed by atoms with Gasteiger partial charge in [0.2, 0.25) is 0 Å². The summed E-state index contributed by atoms with van der Waals surface area (Å²) < 4.78 is 0. The maximum absolute atomic E-state index is 8.49. The van der Waals surface area contributed by atoms with Gasteiger partial charge in [-0.1, -0.05) is 6.92 Å². The van der Waals surface area contributed by atoms with E-state index in [9.17, 15) is 0 Å². The Morgan fingerprint density at radius 3 is 2.45 bits per heavy atom. The van der Waals surface area contributed by atoms with Crippen molar-refractivity contribution in [3.63, 3.8) is 0 Å². The highest BCUT2D eigenvalue weighted by atomic mass is 15.1. The molecule has 0 radical (unpaired) electrons. The molecule has 0 aromatic rings. The maximum atomic E-state index is 8.49. The molecule has 0 bridgehead atoms. The van der Waals surface area contributed by atoms with Gasteiger partial charge in [0.1, 0.15) is 0 Å². The fraction of sp³-hybridized carbons (Fsp3) is 0.750. The molecule has 1 atom stereocenters. The molecule has 0 fully saturated rings. The summed E-state index contributed by atoms with van der Waals surface area (Å²) in [6.45, 7) is 5.80. The zero-order valence-electron chi connectivity index (χ0n) is 7.04. The normalized spacial score (nSPS) is 12.1. The molecule has 0 amide bonds. The van der Waals surface area contributed by atoms with Gasteiger partial charge in [-0.15, -0.1) is 0 Å². The SMILES string of the molecule is CCN(CC#N)CC(C)C#N. The second kappa shape index (κ2) is 5.70. The highest BCUT2D eigenvalue weighted by Crippen LogP contribution is 1.96. The largest absolute Gasteiger partial charge is 0.290 e. The molecule has 11 heavy (non-hydrogen) atoms. The number of rotatable bonds is 4. The minimum absolute atomic E-state index is 0.0169. The van der Waals surface area contributed by atoms with Crippen LogP contribution in [-0.4, -0.2) is 24.5 Å². The van der Waals surface area contributed by atoms with Gasteiger partial charge in [0.15, 0.2) is 0 Å². The standard InChI is InChI=1S/C8H13N3/c1-3-11(5-4-9)7-8(2)6-10/h8H,3,5,7H2,1-2H3. The Bertz CT molecular complexity index is 175. The first-order chi connectivity index (χ1) is 5.24. The van der Waals surface area contributed by atoms with E-state index >= 15 is 0 Å². The van der Waals surface area contributed by atoms with Crippen molar-refractivity contribution in [2.45, 2.75) is 13.8 Å². The van der Waals surface area contributed by atoms with E-state index in [1.54, 1.807) is 0 Å². The molecule has 3 heteroatoms. The zero-order valence-corrected chi connectivity index (χ0v) is 7.04. The second-order valence-electron chi connectivity index (χ2n) is 2.52. The molecule has 0 aliphatic heterocycles.